The molecule has 2 aliphatic rings. The minimum Gasteiger partial charge on any atom is -0.438 e. The molecule has 6 nitrogen and oxygen atoms in total. The molecular weight excluding hydrogens is 627 g/mol. The largest absolute Gasteiger partial charge is 0.438 e. The number of hydrogen-bond donors (Lipinski definition) is 0. The van der Waals surface area contributed by atoms with E-state index in [-0.39, 0.29) is 0 Å². The number of para-hydroxylation sites is 1. The molecule has 0 amide bonds. The van der Waals surface area contributed by atoms with E-state index < -0.39 is 0 Å². The van der Waals surface area contributed by atoms with Crippen molar-refractivity contribution in [3.05, 3.63) is 120 Å². The first-order valence-corrected chi connectivity index (χ1v) is 18.2. The highest BCUT2D eigenvalue weighted by molar-refractivity contribution is 6.10. The van der Waals surface area contributed by atoms with E-state index in [0.717, 1.165) is 80.2 Å². The molecule has 9 rings (SSSR count). The molecule has 2 aliphatic carbocycles. The summed E-state index contributed by atoms with van der Waals surface area (Å²) in [5, 5.41) is 11.1. The number of hydrogen-bond acceptors (Lipinski definition) is 6. The summed E-state index contributed by atoms with van der Waals surface area (Å²) in [6.07, 6.45) is 8.47. The normalized spacial score (nSPS) is 21.5. The lowest BCUT2D eigenvalue weighted by Gasteiger charge is -2.46. The molecule has 250 valence electrons. The lowest BCUT2D eigenvalue weighted by atomic mass is 9.59. The summed E-state index contributed by atoms with van der Waals surface area (Å²) in [6.45, 7) is 4.94. The van der Waals surface area contributed by atoms with Gasteiger partial charge in [0.05, 0.1) is 17.0 Å². The first-order chi connectivity index (χ1) is 25.0. The van der Waals surface area contributed by atoms with Crippen molar-refractivity contribution in [2.75, 3.05) is 0 Å². The van der Waals surface area contributed by atoms with Crippen LogP contribution < -0.4 is 0 Å². The van der Waals surface area contributed by atoms with Crippen molar-refractivity contribution < 1.29 is 4.42 Å². The van der Waals surface area contributed by atoms with Crippen molar-refractivity contribution in [1.29, 1.82) is 5.26 Å². The van der Waals surface area contributed by atoms with Gasteiger partial charge in [-0.15, -0.1) is 0 Å². The zero-order chi connectivity index (χ0) is 34.5. The van der Waals surface area contributed by atoms with Gasteiger partial charge in [0.25, 0.3) is 0 Å². The molecular formula is C45H39N5O. The van der Waals surface area contributed by atoms with Crippen LogP contribution in [-0.2, 0) is 6.42 Å². The van der Waals surface area contributed by atoms with Crippen LogP contribution >= 0.6 is 0 Å². The van der Waals surface area contributed by atoms with Crippen LogP contribution in [0.25, 0.3) is 67.4 Å². The maximum absolute atomic E-state index is 9.22. The molecule has 4 aromatic carbocycles. The van der Waals surface area contributed by atoms with Crippen LogP contribution in [0, 0.1) is 40.9 Å². The van der Waals surface area contributed by atoms with Crippen molar-refractivity contribution in [2.45, 2.75) is 46.0 Å². The van der Waals surface area contributed by atoms with Gasteiger partial charge in [-0.1, -0.05) is 92.7 Å². The van der Waals surface area contributed by atoms with Crippen LogP contribution in [0.3, 0.4) is 0 Å². The van der Waals surface area contributed by atoms with Crippen LogP contribution in [0.15, 0.2) is 114 Å². The average molecular weight is 666 g/mol. The molecule has 2 unspecified atom stereocenters. The number of rotatable bonds is 6. The second kappa shape index (κ2) is 12.9. The second-order valence-corrected chi connectivity index (χ2v) is 14.9. The van der Waals surface area contributed by atoms with Gasteiger partial charge in [0, 0.05) is 28.3 Å². The molecule has 2 bridgehead atoms. The van der Waals surface area contributed by atoms with Crippen molar-refractivity contribution in [1.82, 2.24) is 19.9 Å². The monoisotopic (exact) mass is 665 g/mol. The molecule has 2 fully saturated rings. The first-order valence-electron chi connectivity index (χ1n) is 18.2. The van der Waals surface area contributed by atoms with Crippen LogP contribution in [0.4, 0.5) is 0 Å². The third kappa shape index (κ3) is 5.97. The number of nitriles is 1. The second-order valence-electron chi connectivity index (χ2n) is 14.9. The van der Waals surface area contributed by atoms with Gasteiger partial charge in [0.15, 0.2) is 17.5 Å². The molecule has 2 saturated carbocycles. The Kier molecular flexibility index (Phi) is 7.92. The molecule has 7 aromatic rings. The Bertz CT molecular complexity index is 2400. The van der Waals surface area contributed by atoms with E-state index in [4.69, 9.17) is 19.4 Å². The van der Waals surface area contributed by atoms with E-state index in [1.165, 1.54) is 31.2 Å². The topological polar surface area (TPSA) is 88.5 Å². The maximum Gasteiger partial charge on any atom is 0.228 e. The molecule has 0 spiro atoms. The van der Waals surface area contributed by atoms with Crippen LogP contribution in [-0.4, -0.2) is 19.9 Å². The number of pyridine rings is 1. The van der Waals surface area contributed by atoms with E-state index in [9.17, 15) is 5.26 Å². The van der Waals surface area contributed by atoms with E-state index >= 15 is 0 Å². The highest BCUT2D eigenvalue weighted by Crippen LogP contribution is 2.49. The fourth-order valence-electron chi connectivity index (χ4n) is 9.08. The Morgan fingerprint density at radius 1 is 0.686 bits per heavy atom. The van der Waals surface area contributed by atoms with Crippen LogP contribution in [0.5, 0.6) is 0 Å². The van der Waals surface area contributed by atoms with Gasteiger partial charge < -0.3 is 4.42 Å². The molecule has 6 heteroatoms. The zero-order valence-corrected chi connectivity index (χ0v) is 29.0. The third-order valence-electron chi connectivity index (χ3n) is 11.4. The summed E-state index contributed by atoms with van der Waals surface area (Å²) in [4.78, 5) is 19.8. The Morgan fingerprint density at radius 3 is 2.06 bits per heavy atom. The fraction of sp³-hybridized carbons (Fsp3) is 0.267. The summed E-state index contributed by atoms with van der Waals surface area (Å²) >= 11 is 0. The van der Waals surface area contributed by atoms with Gasteiger partial charge in [-0.3, -0.25) is 0 Å². The van der Waals surface area contributed by atoms with E-state index in [0.29, 0.717) is 28.8 Å². The Hall–Kier alpha value is -5.67. The van der Waals surface area contributed by atoms with Gasteiger partial charge in [-0.05, 0) is 103 Å². The smallest absolute Gasteiger partial charge is 0.228 e. The summed E-state index contributed by atoms with van der Waals surface area (Å²) in [7, 11) is 0. The molecule has 0 saturated heterocycles. The third-order valence-corrected chi connectivity index (χ3v) is 11.4. The molecule has 0 radical (unpaired) electrons. The van der Waals surface area contributed by atoms with Gasteiger partial charge in [-0.25, -0.2) is 19.9 Å². The van der Waals surface area contributed by atoms with Crippen molar-refractivity contribution in [3.63, 3.8) is 0 Å². The average Bonchev–Trinajstić information content (AvgIpc) is 3.55. The molecule has 0 aliphatic heterocycles. The van der Waals surface area contributed by atoms with E-state index in [2.05, 4.69) is 79.5 Å². The summed E-state index contributed by atoms with van der Waals surface area (Å²) in [5.74, 6) is 5.94. The Labute approximate surface area is 298 Å². The minimum atomic E-state index is 0.559. The van der Waals surface area contributed by atoms with Gasteiger partial charge in [-0.2, -0.15) is 5.26 Å². The van der Waals surface area contributed by atoms with Gasteiger partial charge >= 0.3 is 0 Å². The number of benzene rings is 4. The molecule has 0 N–H and O–H groups in total. The minimum absolute atomic E-state index is 0.559. The number of furan rings is 1. The van der Waals surface area contributed by atoms with Crippen LogP contribution in [0.1, 0.15) is 50.7 Å². The lowest BCUT2D eigenvalue weighted by molar-refractivity contribution is 0.0469. The summed E-state index contributed by atoms with van der Waals surface area (Å²) in [5.41, 5.74) is 8.18. The first kappa shape index (κ1) is 31.3. The zero-order valence-electron chi connectivity index (χ0n) is 29.0. The number of fused-ring (bicyclic) bond motifs is 5. The van der Waals surface area contributed by atoms with Gasteiger partial charge in [0.2, 0.25) is 5.71 Å². The van der Waals surface area contributed by atoms with Crippen molar-refractivity contribution in [3.8, 4) is 51.4 Å². The fourth-order valence-corrected chi connectivity index (χ4v) is 9.08. The quantitative estimate of drug-likeness (QED) is 0.176. The van der Waals surface area contributed by atoms with Gasteiger partial charge in [0.1, 0.15) is 5.58 Å². The van der Waals surface area contributed by atoms with Crippen molar-refractivity contribution >= 4 is 22.1 Å². The highest BCUT2D eigenvalue weighted by Gasteiger charge is 2.39. The highest BCUT2D eigenvalue weighted by atomic mass is 16.3. The van der Waals surface area contributed by atoms with Crippen molar-refractivity contribution in [2.24, 2.45) is 29.6 Å². The molecule has 3 heterocycles. The number of nitrogens with zero attached hydrogens (tertiary/aromatic N) is 5. The predicted octanol–water partition coefficient (Wildman–Crippen LogP) is 11.0. The lowest BCUT2D eigenvalue weighted by Crippen LogP contribution is -2.37. The number of aromatic nitrogens is 4. The summed E-state index contributed by atoms with van der Waals surface area (Å²) in [6, 6.07) is 37.0. The molecule has 51 heavy (non-hydrogen) atoms. The Morgan fingerprint density at radius 2 is 1.33 bits per heavy atom. The van der Waals surface area contributed by atoms with Crippen LogP contribution in [0.2, 0.25) is 0 Å². The van der Waals surface area contributed by atoms with E-state index in [1.807, 2.05) is 48.5 Å². The SMILES string of the molecule is C[C@H]1CC2C[C@H](C1)C(Cc1ccc(-c3nc(-c4ccc(-c5ccc(C#N)cc5)cc4)nc(-c4ccnc5oc6ccccc6c45)n3)cc1)[C@H](C)C2. The molecule has 5 atom stereocenters. The summed E-state index contributed by atoms with van der Waals surface area (Å²) < 4.78 is 6.13. The maximum atomic E-state index is 9.22. The molecule has 3 aromatic heterocycles. The standard InChI is InChI=1S/C45H39N5O/c1-27-21-31-23-28(2)39(36(22-27)24-31)25-29-7-13-34(14-8-29)42-48-43(35-17-15-33(16-18-35)32-11-9-30(26-46)10-12-32)50-44(49-42)38-19-20-47-45-41(38)37-5-3-4-6-40(37)51-45/h3-20,27-28,31,36,39H,21-25H2,1-2H3/t27-,28+,31?,36-,39?/m0/s1. The Balaban J connectivity index is 1.10. The predicted molar refractivity (Wildman–Crippen MR) is 202 cm³/mol. The van der Waals surface area contributed by atoms with E-state index in [1.54, 1.807) is 6.20 Å².